The summed E-state index contributed by atoms with van der Waals surface area (Å²) < 4.78 is 19.2. The second-order valence-electron chi connectivity index (χ2n) is 4.55. The molecule has 0 amide bonds. The van der Waals surface area contributed by atoms with E-state index in [1.807, 2.05) is 31.2 Å². The van der Waals surface area contributed by atoms with Crippen molar-refractivity contribution in [1.29, 1.82) is 0 Å². The summed E-state index contributed by atoms with van der Waals surface area (Å²) in [5.74, 6) is 0.585. The van der Waals surface area contributed by atoms with E-state index in [0.717, 1.165) is 21.3 Å². The van der Waals surface area contributed by atoms with E-state index in [-0.39, 0.29) is 11.9 Å². The van der Waals surface area contributed by atoms with Gasteiger partial charge in [0.15, 0.2) is 0 Å². The monoisotopic (exact) mass is 337 g/mol. The molecule has 1 unspecified atom stereocenters. The Morgan fingerprint density at radius 1 is 1.20 bits per heavy atom. The van der Waals surface area contributed by atoms with Gasteiger partial charge in [-0.1, -0.05) is 34.1 Å². The lowest BCUT2D eigenvalue weighted by Gasteiger charge is -2.14. The molecule has 106 valence electrons. The maximum absolute atomic E-state index is 13.0. The number of ether oxygens (including phenoxy) is 1. The van der Waals surface area contributed by atoms with E-state index in [1.165, 1.54) is 12.1 Å². The molecule has 0 spiro atoms. The van der Waals surface area contributed by atoms with Crippen LogP contribution < -0.4 is 10.5 Å². The molecule has 0 aliphatic carbocycles. The van der Waals surface area contributed by atoms with Crippen LogP contribution >= 0.6 is 15.9 Å². The van der Waals surface area contributed by atoms with Crippen molar-refractivity contribution >= 4 is 15.9 Å². The van der Waals surface area contributed by atoms with Gasteiger partial charge in [-0.05, 0) is 48.7 Å². The van der Waals surface area contributed by atoms with Crippen molar-refractivity contribution in [3.63, 3.8) is 0 Å². The van der Waals surface area contributed by atoms with Gasteiger partial charge in [0.25, 0.3) is 0 Å². The summed E-state index contributed by atoms with van der Waals surface area (Å²) in [6.07, 6.45) is 0.648. The molecular formula is C16H17BrFNO. The van der Waals surface area contributed by atoms with Crippen molar-refractivity contribution in [2.24, 2.45) is 5.73 Å². The Balaban J connectivity index is 2.09. The minimum atomic E-state index is -0.254. The van der Waals surface area contributed by atoms with E-state index >= 15 is 0 Å². The first-order chi connectivity index (χ1) is 9.60. The molecule has 2 aromatic rings. The fourth-order valence-corrected chi connectivity index (χ4v) is 2.53. The Morgan fingerprint density at radius 2 is 1.90 bits per heavy atom. The first-order valence-corrected chi connectivity index (χ1v) is 7.31. The normalized spacial score (nSPS) is 12.2. The minimum absolute atomic E-state index is 0.132. The van der Waals surface area contributed by atoms with Gasteiger partial charge in [-0.3, -0.25) is 0 Å². The van der Waals surface area contributed by atoms with E-state index in [1.54, 1.807) is 6.07 Å². The molecule has 2 rings (SSSR count). The number of hydrogen-bond acceptors (Lipinski definition) is 2. The molecule has 20 heavy (non-hydrogen) atoms. The Kier molecular flexibility index (Phi) is 5.15. The molecule has 2 N–H and O–H groups in total. The second kappa shape index (κ2) is 6.86. The van der Waals surface area contributed by atoms with Crippen molar-refractivity contribution in [1.82, 2.24) is 0 Å². The van der Waals surface area contributed by atoms with Crippen LogP contribution in [-0.4, -0.2) is 6.61 Å². The third-order valence-electron chi connectivity index (χ3n) is 3.07. The van der Waals surface area contributed by atoms with Crippen LogP contribution in [0.15, 0.2) is 46.9 Å². The third-order valence-corrected chi connectivity index (χ3v) is 3.81. The first-order valence-electron chi connectivity index (χ1n) is 6.52. The van der Waals surface area contributed by atoms with Crippen molar-refractivity contribution in [2.75, 3.05) is 6.61 Å². The van der Waals surface area contributed by atoms with Crippen LogP contribution in [0.4, 0.5) is 4.39 Å². The van der Waals surface area contributed by atoms with Crippen LogP contribution in [0.1, 0.15) is 24.1 Å². The molecule has 4 heteroatoms. The molecule has 2 nitrogen and oxygen atoms in total. The molecule has 0 saturated heterocycles. The van der Waals surface area contributed by atoms with Crippen molar-refractivity contribution in [2.45, 2.75) is 19.4 Å². The minimum Gasteiger partial charge on any atom is -0.494 e. The molecule has 0 heterocycles. The van der Waals surface area contributed by atoms with Gasteiger partial charge in [0.1, 0.15) is 11.6 Å². The number of rotatable bonds is 5. The van der Waals surface area contributed by atoms with Gasteiger partial charge in [0, 0.05) is 10.5 Å². The van der Waals surface area contributed by atoms with Gasteiger partial charge in [0.05, 0.1) is 6.61 Å². The van der Waals surface area contributed by atoms with Crippen LogP contribution in [-0.2, 0) is 6.42 Å². The summed E-state index contributed by atoms with van der Waals surface area (Å²) in [7, 11) is 0. The SMILES string of the molecule is CCOc1ccc(C(N)Cc2ccc(F)cc2Br)cc1. The largest absolute Gasteiger partial charge is 0.494 e. The highest BCUT2D eigenvalue weighted by atomic mass is 79.9. The van der Waals surface area contributed by atoms with Gasteiger partial charge in [-0.2, -0.15) is 0 Å². The average Bonchev–Trinajstić information content (AvgIpc) is 2.43. The fourth-order valence-electron chi connectivity index (χ4n) is 2.02. The molecule has 0 aliphatic rings. The van der Waals surface area contributed by atoms with E-state index in [4.69, 9.17) is 10.5 Å². The number of benzene rings is 2. The molecule has 0 radical (unpaired) electrons. The number of nitrogens with two attached hydrogens (primary N) is 1. The topological polar surface area (TPSA) is 35.2 Å². The van der Waals surface area contributed by atoms with Crippen molar-refractivity contribution in [3.8, 4) is 5.75 Å². The van der Waals surface area contributed by atoms with Crippen molar-refractivity contribution in [3.05, 3.63) is 63.9 Å². The molecule has 0 aromatic heterocycles. The predicted octanol–water partition coefficient (Wildman–Crippen LogP) is 4.23. The third kappa shape index (κ3) is 3.81. The summed E-state index contributed by atoms with van der Waals surface area (Å²) in [6.45, 7) is 2.60. The van der Waals surface area contributed by atoms with Crippen LogP contribution in [0.2, 0.25) is 0 Å². The zero-order chi connectivity index (χ0) is 14.5. The van der Waals surface area contributed by atoms with Gasteiger partial charge in [0.2, 0.25) is 0 Å². The zero-order valence-corrected chi connectivity index (χ0v) is 12.9. The molecule has 2 aromatic carbocycles. The number of hydrogen-bond donors (Lipinski definition) is 1. The second-order valence-corrected chi connectivity index (χ2v) is 5.40. The summed E-state index contributed by atoms with van der Waals surface area (Å²) in [4.78, 5) is 0. The summed E-state index contributed by atoms with van der Waals surface area (Å²) in [5.41, 5.74) is 8.23. The van der Waals surface area contributed by atoms with E-state index in [9.17, 15) is 4.39 Å². The molecule has 1 atom stereocenters. The smallest absolute Gasteiger partial charge is 0.124 e. The standard InChI is InChI=1S/C16H17BrFNO/c1-2-20-14-7-4-11(5-8-14)16(19)9-12-3-6-13(18)10-15(12)17/h3-8,10,16H,2,9,19H2,1H3. The quantitative estimate of drug-likeness (QED) is 0.886. The highest BCUT2D eigenvalue weighted by molar-refractivity contribution is 9.10. The molecule has 0 bridgehead atoms. The summed E-state index contributed by atoms with van der Waals surface area (Å²) >= 11 is 3.36. The van der Waals surface area contributed by atoms with Crippen LogP contribution in [0.5, 0.6) is 5.75 Å². The number of halogens is 2. The van der Waals surface area contributed by atoms with Gasteiger partial charge in [-0.25, -0.2) is 4.39 Å². The van der Waals surface area contributed by atoms with Crippen LogP contribution in [0.3, 0.4) is 0 Å². The molecule has 0 saturated carbocycles. The first kappa shape index (κ1) is 15.0. The van der Waals surface area contributed by atoms with Crippen molar-refractivity contribution < 1.29 is 9.13 Å². The van der Waals surface area contributed by atoms with Gasteiger partial charge in [-0.15, -0.1) is 0 Å². The Labute approximate surface area is 126 Å². The predicted molar refractivity (Wildman–Crippen MR) is 82.3 cm³/mol. The van der Waals surface area contributed by atoms with E-state index in [2.05, 4.69) is 15.9 Å². The molecule has 0 aliphatic heterocycles. The van der Waals surface area contributed by atoms with Gasteiger partial charge >= 0.3 is 0 Å². The lowest BCUT2D eigenvalue weighted by molar-refractivity contribution is 0.340. The Morgan fingerprint density at radius 3 is 2.50 bits per heavy atom. The van der Waals surface area contributed by atoms with E-state index < -0.39 is 0 Å². The lowest BCUT2D eigenvalue weighted by Crippen LogP contribution is -2.13. The Bertz CT molecular complexity index is 571. The average molecular weight is 338 g/mol. The van der Waals surface area contributed by atoms with Crippen LogP contribution in [0.25, 0.3) is 0 Å². The summed E-state index contributed by atoms with van der Waals surface area (Å²) in [6, 6.07) is 12.3. The van der Waals surface area contributed by atoms with Gasteiger partial charge < -0.3 is 10.5 Å². The van der Waals surface area contributed by atoms with E-state index in [0.29, 0.717) is 13.0 Å². The summed E-state index contributed by atoms with van der Waals surface area (Å²) in [5, 5.41) is 0. The lowest BCUT2D eigenvalue weighted by atomic mass is 9.99. The maximum Gasteiger partial charge on any atom is 0.124 e. The van der Waals surface area contributed by atoms with Crippen LogP contribution in [0, 0.1) is 5.82 Å². The zero-order valence-electron chi connectivity index (χ0n) is 11.3. The molecular weight excluding hydrogens is 321 g/mol. The maximum atomic E-state index is 13.0. The highest BCUT2D eigenvalue weighted by Gasteiger charge is 2.10. The highest BCUT2D eigenvalue weighted by Crippen LogP contribution is 2.24. The Hall–Kier alpha value is -1.39. The fraction of sp³-hybridized carbons (Fsp3) is 0.250. The molecule has 0 fully saturated rings.